The predicted molar refractivity (Wildman–Crippen MR) is 69.2 cm³/mol. The van der Waals surface area contributed by atoms with Crippen LogP contribution in [0.3, 0.4) is 0 Å². The third kappa shape index (κ3) is 6.51. The van der Waals surface area contributed by atoms with Crippen LogP contribution in [0.5, 0.6) is 0 Å². The minimum Gasteiger partial charge on any atom is -0.481 e. The second-order valence-electron chi connectivity index (χ2n) is 5.61. The Morgan fingerprint density at radius 3 is 2.22 bits per heavy atom. The monoisotopic (exact) mass is 258 g/mol. The van der Waals surface area contributed by atoms with Gasteiger partial charge in [0.1, 0.15) is 6.54 Å². The van der Waals surface area contributed by atoms with E-state index in [0.717, 1.165) is 12.8 Å². The number of carboxylic acid groups (broad SMARTS) is 1. The Morgan fingerprint density at radius 1 is 1.28 bits per heavy atom. The Balaban J connectivity index is 4.96. The van der Waals surface area contributed by atoms with E-state index >= 15 is 0 Å². The van der Waals surface area contributed by atoms with Gasteiger partial charge >= 0.3 is 5.97 Å². The second-order valence-corrected chi connectivity index (χ2v) is 5.61. The number of rotatable bonds is 8. The van der Waals surface area contributed by atoms with Crippen LogP contribution in [0.25, 0.3) is 0 Å². The molecule has 0 fully saturated rings. The third-order valence-corrected chi connectivity index (χ3v) is 2.36. The lowest BCUT2D eigenvalue weighted by Gasteiger charge is -2.33. The third-order valence-electron chi connectivity index (χ3n) is 2.36. The first-order valence-electron chi connectivity index (χ1n) is 6.06. The number of hydrogen-bond acceptors (Lipinski definition) is 3. The zero-order valence-corrected chi connectivity index (χ0v) is 11.6. The molecular weight excluding hydrogens is 234 g/mol. The smallest absolute Gasteiger partial charge is 0.307 e. The topological polar surface area (TPSA) is 74.6 Å². The van der Waals surface area contributed by atoms with E-state index in [9.17, 15) is 14.7 Å². The van der Waals surface area contributed by atoms with Crippen molar-refractivity contribution < 1.29 is 24.3 Å². The Bertz CT molecular complexity index is 330. The Morgan fingerprint density at radius 2 is 1.83 bits per heavy atom. The maximum atomic E-state index is 11.9. The summed E-state index contributed by atoms with van der Waals surface area (Å²) < 4.78 is 0.317. The molecule has 0 amide bonds. The molecule has 0 saturated heterocycles. The van der Waals surface area contributed by atoms with Crippen LogP contribution < -0.4 is 0 Å². The fraction of sp³-hybridized carbons (Fsp3) is 0.692. The molecule has 1 atom stereocenters. The Kier molecular flexibility index (Phi) is 6.21. The number of ketones is 1. The van der Waals surface area contributed by atoms with Gasteiger partial charge in [-0.1, -0.05) is 19.4 Å². The van der Waals surface area contributed by atoms with E-state index < -0.39 is 23.8 Å². The molecule has 5 heteroatoms. The molecule has 0 aromatic carbocycles. The molecule has 1 unspecified atom stereocenters. The fourth-order valence-electron chi connectivity index (χ4n) is 1.77. The highest BCUT2D eigenvalue weighted by Crippen LogP contribution is 2.17. The summed E-state index contributed by atoms with van der Waals surface area (Å²) in [4.78, 5) is 22.7. The van der Waals surface area contributed by atoms with Crippen LogP contribution in [0.4, 0.5) is 0 Å². The van der Waals surface area contributed by atoms with Crippen molar-refractivity contribution in [2.24, 2.45) is 0 Å². The van der Waals surface area contributed by atoms with Crippen LogP contribution in [0, 0.1) is 0 Å². The maximum Gasteiger partial charge on any atom is 0.307 e. The van der Waals surface area contributed by atoms with E-state index in [2.05, 4.69) is 0 Å². The van der Waals surface area contributed by atoms with Gasteiger partial charge < -0.3 is 14.7 Å². The molecule has 0 aromatic heterocycles. The van der Waals surface area contributed by atoms with Gasteiger partial charge in [0, 0.05) is 0 Å². The van der Waals surface area contributed by atoms with Gasteiger partial charge in [0.2, 0.25) is 0 Å². The highest BCUT2D eigenvalue weighted by Gasteiger charge is 2.41. The van der Waals surface area contributed by atoms with E-state index in [-0.39, 0.29) is 6.54 Å². The standard InChI is InChI=1S/C13H23NO4/c1-5-6-7-8-11(15)13(18,9-12(16)17)10-14(2,3)4/h7-8,18H,5-6,9-10H2,1-4H3/p+1/b8-7+. The SMILES string of the molecule is CCC/C=C/C(=O)C(O)(CC(=O)O)C[N+](C)(C)C. The molecule has 0 aliphatic rings. The number of aliphatic hydroxyl groups is 1. The second kappa shape index (κ2) is 6.66. The minimum atomic E-state index is -1.84. The molecule has 2 N–H and O–H groups in total. The first kappa shape index (κ1) is 16.8. The largest absolute Gasteiger partial charge is 0.481 e. The average molecular weight is 258 g/mol. The summed E-state index contributed by atoms with van der Waals surface area (Å²) in [5.41, 5.74) is -1.84. The summed E-state index contributed by atoms with van der Waals surface area (Å²) >= 11 is 0. The summed E-state index contributed by atoms with van der Waals surface area (Å²) in [6, 6.07) is 0. The molecule has 0 aliphatic heterocycles. The van der Waals surface area contributed by atoms with E-state index in [4.69, 9.17) is 5.11 Å². The van der Waals surface area contributed by atoms with Crippen molar-refractivity contribution >= 4 is 11.8 Å². The van der Waals surface area contributed by atoms with Gasteiger partial charge in [-0.25, -0.2) is 0 Å². The van der Waals surface area contributed by atoms with E-state index in [1.54, 1.807) is 27.2 Å². The van der Waals surface area contributed by atoms with Crippen molar-refractivity contribution in [3.05, 3.63) is 12.2 Å². The molecule has 0 aromatic rings. The highest BCUT2D eigenvalue weighted by atomic mass is 16.4. The van der Waals surface area contributed by atoms with Crippen molar-refractivity contribution in [3.63, 3.8) is 0 Å². The van der Waals surface area contributed by atoms with Crippen LogP contribution >= 0.6 is 0 Å². The molecule has 18 heavy (non-hydrogen) atoms. The van der Waals surface area contributed by atoms with E-state index in [0.29, 0.717) is 4.48 Å². The van der Waals surface area contributed by atoms with Gasteiger partial charge in [0.25, 0.3) is 0 Å². The van der Waals surface area contributed by atoms with Crippen LogP contribution in [0.2, 0.25) is 0 Å². The Labute approximate surface area is 108 Å². The van der Waals surface area contributed by atoms with Crippen molar-refractivity contribution in [1.82, 2.24) is 0 Å². The van der Waals surface area contributed by atoms with Crippen molar-refractivity contribution in [2.75, 3.05) is 27.7 Å². The highest BCUT2D eigenvalue weighted by molar-refractivity contribution is 5.99. The van der Waals surface area contributed by atoms with Gasteiger partial charge in [-0.15, -0.1) is 0 Å². The van der Waals surface area contributed by atoms with Crippen LogP contribution in [0.15, 0.2) is 12.2 Å². The van der Waals surface area contributed by atoms with Gasteiger partial charge in [-0.05, 0) is 12.5 Å². The first-order valence-corrected chi connectivity index (χ1v) is 6.06. The number of aliphatic carboxylic acids is 1. The normalized spacial score (nSPS) is 15.6. The molecule has 0 saturated carbocycles. The predicted octanol–water partition coefficient (Wildman–Crippen LogP) is 0.824. The van der Waals surface area contributed by atoms with Crippen molar-refractivity contribution in [3.8, 4) is 0 Å². The summed E-state index contributed by atoms with van der Waals surface area (Å²) in [5.74, 6) is -1.71. The first-order chi connectivity index (χ1) is 8.10. The molecule has 0 radical (unpaired) electrons. The molecule has 0 aliphatic carbocycles. The van der Waals surface area contributed by atoms with Crippen LogP contribution in [0.1, 0.15) is 26.2 Å². The Hall–Kier alpha value is -1.20. The molecular formula is C13H24NO4+. The van der Waals surface area contributed by atoms with Gasteiger partial charge in [-0.2, -0.15) is 0 Å². The van der Waals surface area contributed by atoms with Gasteiger partial charge in [0.05, 0.1) is 27.6 Å². The molecule has 104 valence electrons. The number of quaternary nitrogens is 1. The fourth-order valence-corrected chi connectivity index (χ4v) is 1.77. The summed E-state index contributed by atoms with van der Waals surface area (Å²) in [7, 11) is 5.40. The zero-order chi connectivity index (χ0) is 14.4. The van der Waals surface area contributed by atoms with Gasteiger partial charge in [0.15, 0.2) is 11.4 Å². The minimum absolute atomic E-state index is 0.0641. The van der Waals surface area contributed by atoms with Crippen LogP contribution in [-0.2, 0) is 9.59 Å². The number of hydrogen-bond donors (Lipinski definition) is 2. The van der Waals surface area contributed by atoms with E-state index in [1.807, 2.05) is 6.92 Å². The lowest BCUT2D eigenvalue weighted by molar-refractivity contribution is -0.875. The van der Waals surface area contributed by atoms with Gasteiger partial charge in [-0.3, -0.25) is 9.59 Å². The van der Waals surface area contributed by atoms with E-state index in [1.165, 1.54) is 6.08 Å². The number of allylic oxidation sites excluding steroid dienone is 1. The number of carbonyl (C=O) groups excluding carboxylic acids is 1. The van der Waals surface area contributed by atoms with Crippen molar-refractivity contribution in [2.45, 2.75) is 31.8 Å². The van der Waals surface area contributed by atoms with Crippen molar-refractivity contribution in [1.29, 1.82) is 0 Å². The quantitative estimate of drug-likeness (QED) is 0.499. The maximum absolute atomic E-state index is 11.9. The number of carboxylic acids is 1. The number of unbranched alkanes of at least 4 members (excludes halogenated alkanes) is 1. The molecule has 0 spiro atoms. The zero-order valence-electron chi connectivity index (χ0n) is 11.6. The molecule has 0 bridgehead atoms. The summed E-state index contributed by atoms with van der Waals surface area (Å²) in [6.07, 6.45) is 4.03. The number of carbonyl (C=O) groups is 2. The summed E-state index contributed by atoms with van der Waals surface area (Å²) in [5, 5.41) is 19.1. The number of nitrogens with zero attached hydrogens (tertiary/aromatic N) is 1. The lowest BCUT2D eigenvalue weighted by Crippen LogP contribution is -2.54. The molecule has 0 heterocycles. The van der Waals surface area contributed by atoms with Crippen LogP contribution in [-0.4, -0.2) is 59.7 Å². The lowest BCUT2D eigenvalue weighted by atomic mass is 9.92. The average Bonchev–Trinajstić information content (AvgIpc) is 2.13. The summed E-state index contributed by atoms with van der Waals surface area (Å²) in [6.45, 7) is 2.04. The molecule has 5 nitrogen and oxygen atoms in total. The number of likely N-dealkylation sites (N-methyl/N-ethyl adjacent to an activating group) is 1. The molecule has 0 rings (SSSR count).